The van der Waals surface area contributed by atoms with Gasteiger partial charge in [-0.15, -0.1) is 0 Å². The van der Waals surface area contributed by atoms with Crippen LogP contribution in [0.2, 0.25) is 0 Å². The topological polar surface area (TPSA) is 71.0 Å². The van der Waals surface area contributed by atoms with Crippen LogP contribution < -0.4 is 5.32 Å². The van der Waals surface area contributed by atoms with Crippen molar-refractivity contribution in [2.75, 3.05) is 6.54 Å². The van der Waals surface area contributed by atoms with Crippen molar-refractivity contribution in [1.29, 1.82) is 0 Å². The van der Waals surface area contributed by atoms with Crippen LogP contribution in [0.25, 0.3) is 11.1 Å². The standard InChI is InChI=1S/C42H44N2O4/c1-30-40(28-44(26-32-10-5-3-6-11-32)27-33-12-7-4-8-13-33)47-42(48-41(30)37-18-16-34(29-45)17-19-37)38-22-20-36(21-23-38)39-15-9-14-35(24-39)25-43-31(2)46/h3-24,30,40-42,45H,25-29H2,1-2H3,(H,43,46)/t30-,40+,41+,42+/m0/s1. The van der Waals surface area contributed by atoms with E-state index in [2.05, 4.69) is 126 Å². The highest BCUT2D eigenvalue weighted by Crippen LogP contribution is 2.42. The highest BCUT2D eigenvalue weighted by atomic mass is 16.7. The van der Waals surface area contributed by atoms with Crippen LogP contribution in [0.1, 0.15) is 59.6 Å². The van der Waals surface area contributed by atoms with Crippen LogP contribution in [0.5, 0.6) is 0 Å². The van der Waals surface area contributed by atoms with Gasteiger partial charge < -0.3 is 19.9 Å². The molecule has 6 nitrogen and oxygen atoms in total. The third-order valence-corrected chi connectivity index (χ3v) is 9.04. The summed E-state index contributed by atoms with van der Waals surface area (Å²) in [7, 11) is 0. The lowest BCUT2D eigenvalue weighted by molar-refractivity contribution is -0.276. The molecule has 0 spiro atoms. The van der Waals surface area contributed by atoms with Gasteiger partial charge in [0.2, 0.25) is 5.91 Å². The molecule has 48 heavy (non-hydrogen) atoms. The van der Waals surface area contributed by atoms with E-state index in [-0.39, 0.29) is 30.6 Å². The minimum atomic E-state index is -0.552. The summed E-state index contributed by atoms with van der Waals surface area (Å²) in [6.45, 7) is 6.59. The summed E-state index contributed by atoms with van der Waals surface area (Å²) in [5.41, 5.74) is 8.64. The Morgan fingerprint density at radius 1 is 0.688 bits per heavy atom. The van der Waals surface area contributed by atoms with E-state index in [4.69, 9.17) is 9.47 Å². The first-order valence-corrected chi connectivity index (χ1v) is 16.7. The maximum atomic E-state index is 11.4. The summed E-state index contributed by atoms with van der Waals surface area (Å²) >= 11 is 0. The first kappa shape index (κ1) is 33.3. The molecule has 1 aliphatic heterocycles. The number of nitrogens with zero attached hydrogens (tertiary/aromatic N) is 1. The number of benzene rings is 5. The first-order chi connectivity index (χ1) is 23.4. The number of aliphatic hydroxyl groups is 1. The third kappa shape index (κ3) is 8.65. The van der Waals surface area contributed by atoms with Crippen LogP contribution in [0.3, 0.4) is 0 Å². The van der Waals surface area contributed by atoms with Gasteiger partial charge in [-0.3, -0.25) is 9.69 Å². The van der Waals surface area contributed by atoms with Gasteiger partial charge >= 0.3 is 0 Å². The van der Waals surface area contributed by atoms with Gasteiger partial charge in [0.1, 0.15) is 0 Å². The van der Waals surface area contributed by atoms with E-state index >= 15 is 0 Å². The van der Waals surface area contributed by atoms with Crippen molar-refractivity contribution in [2.24, 2.45) is 5.92 Å². The number of ether oxygens (including phenoxy) is 2. The summed E-state index contributed by atoms with van der Waals surface area (Å²) in [5, 5.41) is 12.5. The van der Waals surface area contributed by atoms with Crippen molar-refractivity contribution in [3.8, 4) is 11.1 Å². The Labute approximate surface area is 284 Å². The highest BCUT2D eigenvalue weighted by Gasteiger charge is 2.39. The second-order valence-corrected chi connectivity index (χ2v) is 12.7. The Bertz CT molecular complexity index is 1700. The maximum absolute atomic E-state index is 11.4. The van der Waals surface area contributed by atoms with Gasteiger partial charge in [0.05, 0.1) is 18.8 Å². The predicted octanol–water partition coefficient (Wildman–Crippen LogP) is 7.98. The second kappa shape index (κ2) is 16.0. The second-order valence-electron chi connectivity index (χ2n) is 12.7. The molecule has 1 amide bonds. The fourth-order valence-corrected chi connectivity index (χ4v) is 6.37. The molecule has 1 heterocycles. The summed E-state index contributed by atoms with van der Waals surface area (Å²) in [5.74, 6) is 0.0247. The molecule has 1 fully saturated rings. The molecule has 0 radical (unpaired) electrons. The molecule has 0 bridgehead atoms. The van der Waals surface area contributed by atoms with Gasteiger partial charge in [-0.2, -0.15) is 0 Å². The van der Waals surface area contributed by atoms with Crippen LogP contribution in [-0.4, -0.2) is 28.6 Å². The number of amides is 1. The van der Waals surface area contributed by atoms with Gasteiger partial charge in [0, 0.05) is 44.6 Å². The van der Waals surface area contributed by atoms with Crippen LogP contribution in [0.4, 0.5) is 0 Å². The van der Waals surface area contributed by atoms with E-state index in [1.54, 1.807) is 0 Å². The molecule has 4 atom stereocenters. The number of hydrogen-bond acceptors (Lipinski definition) is 5. The third-order valence-electron chi connectivity index (χ3n) is 9.04. The Hall–Kier alpha value is -4.59. The van der Waals surface area contributed by atoms with Crippen LogP contribution in [0.15, 0.2) is 133 Å². The number of nitrogens with one attached hydrogen (secondary N) is 1. The minimum Gasteiger partial charge on any atom is -0.392 e. The predicted molar refractivity (Wildman–Crippen MR) is 189 cm³/mol. The largest absolute Gasteiger partial charge is 0.392 e. The van der Waals surface area contributed by atoms with Crippen LogP contribution in [-0.2, 0) is 40.5 Å². The zero-order valence-electron chi connectivity index (χ0n) is 27.7. The average molecular weight is 641 g/mol. The molecular formula is C42H44N2O4. The molecule has 0 saturated carbocycles. The maximum Gasteiger partial charge on any atom is 0.217 e. The number of carbonyl (C=O) groups excluding carboxylic acids is 1. The number of rotatable bonds is 12. The fraction of sp³-hybridized carbons (Fsp3) is 0.262. The first-order valence-electron chi connectivity index (χ1n) is 16.7. The highest BCUT2D eigenvalue weighted by molar-refractivity contribution is 5.73. The molecule has 2 N–H and O–H groups in total. The Morgan fingerprint density at radius 3 is 1.90 bits per heavy atom. The number of carbonyl (C=O) groups is 1. The molecule has 6 heteroatoms. The van der Waals surface area contributed by atoms with Gasteiger partial charge in [0.15, 0.2) is 6.29 Å². The van der Waals surface area contributed by atoms with E-state index < -0.39 is 6.29 Å². The Balaban J connectivity index is 1.27. The molecule has 1 aliphatic rings. The molecule has 1 saturated heterocycles. The van der Waals surface area contributed by atoms with Crippen LogP contribution >= 0.6 is 0 Å². The molecule has 0 aliphatic carbocycles. The summed E-state index contributed by atoms with van der Waals surface area (Å²) < 4.78 is 13.6. The zero-order valence-corrected chi connectivity index (χ0v) is 27.7. The summed E-state index contributed by atoms with van der Waals surface area (Å²) in [6.07, 6.45) is -0.852. The zero-order chi connectivity index (χ0) is 33.3. The van der Waals surface area contributed by atoms with E-state index in [1.807, 2.05) is 24.3 Å². The van der Waals surface area contributed by atoms with Crippen molar-refractivity contribution >= 4 is 5.91 Å². The smallest absolute Gasteiger partial charge is 0.217 e. The average Bonchev–Trinajstić information content (AvgIpc) is 3.13. The fourth-order valence-electron chi connectivity index (χ4n) is 6.37. The molecule has 246 valence electrons. The van der Waals surface area contributed by atoms with E-state index in [1.165, 1.54) is 18.1 Å². The van der Waals surface area contributed by atoms with Crippen molar-refractivity contribution in [2.45, 2.75) is 58.6 Å². The Kier molecular flexibility index (Phi) is 11.1. The normalized spacial score (nSPS) is 19.2. The van der Waals surface area contributed by atoms with Crippen molar-refractivity contribution < 1.29 is 19.4 Å². The van der Waals surface area contributed by atoms with Gasteiger partial charge in [0.25, 0.3) is 0 Å². The lowest BCUT2D eigenvalue weighted by Gasteiger charge is -2.43. The molecular weight excluding hydrogens is 596 g/mol. The summed E-state index contributed by atoms with van der Waals surface area (Å²) in [4.78, 5) is 13.9. The summed E-state index contributed by atoms with van der Waals surface area (Å²) in [6, 6.07) is 45.9. The van der Waals surface area contributed by atoms with Crippen molar-refractivity contribution in [3.63, 3.8) is 0 Å². The van der Waals surface area contributed by atoms with E-state index in [0.29, 0.717) is 6.54 Å². The van der Waals surface area contributed by atoms with Gasteiger partial charge in [-0.05, 0) is 45.0 Å². The lowest BCUT2D eigenvalue weighted by Crippen LogP contribution is -2.44. The van der Waals surface area contributed by atoms with E-state index in [9.17, 15) is 9.90 Å². The molecule has 6 rings (SSSR count). The van der Waals surface area contributed by atoms with Crippen molar-refractivity contribution in [3.05, 3.63) is 167 Å². The van der Waals surface area contributed by atoms with E-state index in [0.717, 1.165) is 53.0 Å². The minimum absolute atomic E-state index is 0.00610. The molecule has 0 aromatic heterocycles. The SMILES string of the molecule is CC(=O)NCc1cccc(-c2ccc([C@@H]3O[C@H](CN(Cc4ccccc4)Cc4ccccc4)[C@H](C)[C@H](c4ccc(CO)cc4)O3)cc2)c1. The lowest BCUT2D eigenvalue weighted by atomic mass is 9.89. The van der Waals surface area contributed by atoms with Gasteiger partial charge in [-0.1, -0.05) is 134 Å². The Morgan fingerprint density at radius 2 is 1.29 bits per heavy atom. The van der Waals surface area contributed by atoms with Gasteiger partial charge in [-0.25, -0.2) is 0 Å². The quantitative estimate of drug-likeness (QED) is 0.145. The molecule has 5 aromatic rings. The molecule has 5 aromatic carbocycles. The molecule has 0 unspecified atom stereocenters. The number of aliphatic hydroxyl groups excluding tert-OH is 1. The number of hydrogen-bond donors (Lipinski definition) is 2. The van der Waals surface area contributed by atoms with Crippen LogP contribution in [0, 0.1) is 5.92 Å². The monoisotopic (exact) mass is 640 g/mol. The van der Waals surface area contributed by atoms with Crippen molar-refractivity contribution in [1.82, 2.24) is 10.2 Å².